The van der Waals surface area contributed by atoms with Gasteiger partial charge < -0.3 is 20.3 Å². The summed E-state index contributed by atoms with van der Waals surface area (Å²) in [6.45, 7) is 16.0. The maximum Gasteiger partial charge on any atom is 0.262 e. The lowest BCUT2D eigenvalue weighted by molar-refractivity contribution is -0.438. The van der Waals surface area contributed by atoms with Crippen molar-refractivity contribution in [3.05, 3.63) is 146 Å². The second-order valence-electron chi connectivity index (χ2n) is 18.7. The Kier molecular flexibility index (Phi) is 16.5. The van der Waals surface area contributed by atoms with Gasteiger partial charge in [-0.3, -0.25) is 19.0 Å². The molecule has 356 valence electrons. The van der Waals surface area contributed by atoms with Crippen LogP contribution in [0.25, 0.3) is 10.9 Å². The fourth-order valence-corrected chi connectivity index (χ4v) is 10.6. The van der Waals surface area contributed by atoms with E-state index in [1.165, 1.54) is 33.9 Å². The molecule has 0 saturated carbocycles. The number of unbranched alkanes of at least 4 members (excludes halogenated alkanes) is 3. The minimum atomic E-state index is -0.197. The van der Waals surface area contributed by atoms with Crippen molar-refractivity contribution < 1.29 is 23.7 Å². The number of rotatable bonds is 19. The number of nitrogens with one attached hydrogen (secondary N) is 2. The van der Waals surface area contributed by atoms with Crippen LogP contribution in [0.5, 0.6) is 5.75 Å². The molecule has 0 atom stereocenters. The fourth-order valence-electron chi connectivity index (χ4n) is 9.81. The van der Waals surface area contributed by atoms with Crippen molar-refractivity contribution >= 4 is 93.6 Å². The van der Waals surface area contributed by atoms with E-state index in [2.05, 4.69) is 157 Å². The Morgan fingerprint density at radius 2 is 1.47 bits per heavy atom. The number of ether oxygens (including phenoxy) is 1. The highest BCUT2D eigenvalue weighted by Gasteiger charge is 2.44. The molecule has 0 saturated heterocycles. The van der Waals surface area contributed by atoms with Crippen LogP contribution >= 0.6 is 47.8 Å². The van der Waals surface area contributed by atoms with Crippen LogP contribution in [0.2, 0.25) is 0 Å². The lowest BCUT2D eigenvalue weighted by Gasteiger charge is -2.25. The molecule has 7 rings (SSSR count). The van der Waals surface area contributed by atoms with Crippen LogP contribution in [0, 0.1) is 10.5 Å². The zero-order chi connectivity index (χ0) is 48.8. The molecule has 9 nitrogen and oxygen atoms in total. The molecule has 2 aliphatic rings. The number of carbonyl (C=O) groups excluding carboxylic acids is 3. The van der Waals surface area contributed by atoms with Gasteiger partial charge in [-0.1, -0.05) is 32.1 Å². The largest absolute Gasteiger partial charge is 0.497 e. The number of allylic oxidation sites excluding steroid dienone is 6. The number of halogens is 1. The summed E-state index contributed by atoms with van der Waals surface area (Å²) in [5.74, 6) is 0.452. The summed E-state index contributed by atoms with van der Waals surface area (Å²) < 4.78 is 10.7. The lowest BCUT2D eigenvalue weighted by atomic mass is 9.81. The molecule has 0 unspecified atom stereocenters. The molecule has 2 N–H and O–H groups in total. The van der Waals surface area contributed by atoms with Crippen molar-refractivity contribution in [2.24, 2.45) is 0 Å². The molecule has 12 heteroatoms. The van der Waals surface area contributed by atoms with Crippen LogP contribution in [0.4, 0.5) is 11.4 Å². The second-order valence-corrected chi connectivity index (χ2v) is 21.0. The van der Waals surface area contributed by atoms with E-state index < -0.39 is 0 Å². The Balaban J connectivity index is 0.868. The number of anilines is 1. The number of carbonyl (C=O) groups is 3. The summed E-state index contributed by atoms with van der Waals surface area (Å²) in [4.78, 5) is 44.1. The van der Waals surface area contributed by atoms with E-state index in [-0.39, 0.29) is 35.0 Å². The number of amides is 2. The molecule has 2 aliphatic heterocycles. The number of likely N-dealkylation sites (N-methyl/N-ethyl adjacent to an activating group) is 1. The quantitative estimate of drug-likeness (QED) is 0.0217. The first-order valence-electron chi connectivity index (χ1n) is 23.7. The van der Waals surface area contributed by atoms with E-state index in [9.17, 15) is 14.4 Å². The molecule has 0 spiro atoms. The predicted octanol–water partition coefficient (Wildman–Crippen LogP) is 11.8. The Hall–Kier alpha value is -5.05. The highest BCUT2D eigenvalue weighted by atomic mass is 127. The Morgan fingerprint density at radius 1 is 0.779 bits per heavy atom. The molecule has 1 aromatic heterocycles. The van der Waals surface area contributed by atoms with Gasteiger partial charge >= 0.3 is 0 Å². The zero-order valence-electron chi connectivity index (χ0n) is 40.4. The minimum absolute atomic E-state index is 0.0559. The van der Waals surface area contributed by atoms with Gasteiger partial charge in [-0.25, -0.2) is 0 Å². The van der Waals surface area contributed by atoms with Crippen molar-refractivity contribution in [3.63, 3.8) is 0 Å². The normalized spacial score (nSPS) is 15.5. The number of fused-ring (bicyclic) bond motifs is 3. The van der Waals surface area contributed by atoms with Crippen LogP contribution < -0.4 is 20.3 Å². The fraction of sp³-hybridized carbons (Fsp3) is 0.357. The number of hydrogen-bond acceptors (Lipinski definition) is 7. The smallest absolute Gasteiger partial charge is 0.262 e. The molecule has 4 aromatic carbocycles. The zero-order valence-corrected chi connectivity index (χ0v) is 44.4. The Morgan fingerprint density at radius 3 is 2.18 bits per heavy atom. The molecular formula is C56H65IN5O4S2+. The van der Waals surface area contributed by atoms with E-state index >= 15 is 0 Å². The van der Waals surface area contributed by atoms with Gasteiger partial charge in [0.15, 0.2) is 5.71 Å². The van der Waals surface area contributed by atoms with Gasteiger partial charge in [-0.15, -0.1) is 25.3 Å². The van der Waals surface area contributed by atoms with Gasteiger partial charge in [0.05, 0.1) is 24.5 Å². The molecule has 0 bridgehead atoms. The van der Waals surface area contributed by atoms with Crippen LogP contribution in [0.3, 0.4) is 0 Å². The summed E-state index contributed by atoms with van der Waals surface area (Å²) in [6.07, 6.45) is 15.7. The lowest BCUT2D eigenvalue weighted by Crippen LogP contribution is -2.28. The molecule has 0 aliphatic carbocycles. The van der Waals surface area contributed by atoms with Crippen molar-refractivity contribution in [3.8, 4) is 5.75 Å². The van der Waals surface area contributed by atoms with Gasteiger partial charge in [0.25, 0.3) is 5.91 Å². The number of thiol groups is 2. The van der Waals surface area contributed by atoms with Gasteiger partial charge in [-0.05, 0) is 166 Å². The number of benzene rings is 4. The van der Waals surface area contributed by atoms with Crippen molar-refractivity contribution in [1.29, 1.82) is 0 Å². The molecule has 5 aromatic rings. The van der Waals surface area contributed by atoms with E-state index in [1.807, 2.05) is 49.4 Å². The van der Waals surface area contributed by atoms with Crippen LogP contribution in [0.1, 0.15) is 106 Å². The SMILES string of the molecule is CCN1C(=CC=CC=CC2=[N+](CCCCCC(=O)NCCCCNC(=O)Cc3c(C)n(C(=O)c4ccc(I)cc4)c4ccc(OC)cc34)c3ccc(S)cc3C2(C)C)C(C)(C)c2cc(S)ccc21. The van der Waals surface area contributed by atoms with Crippen LogP contribution in [0.15, 0.2) is 125 Å². The summed E-state index contributed by atoms with van der Waals surface area (Å²) >= 11 is 11.5. The summed E-state index contributed by atoms with van der Waals surface area (Å²) in [7, 11) is 1.60. The first-order chi connectivity index (χ1) is 32.6. The Labute approximate surface area is 427 Å². The van der Waals surface area contributed by atoms with Crippen molar-refractivity contribution in [1.82, 2.24) is 15.2 Å². The minimum Gasteiger partial charge on any atom is -0.497 e. The highest BCUT2D eigenvalue weighted by Crippen LogP contribution is 2.48. The standard InChI is InChI=1S/C56H64IN5O4S2/c1-8-60-48-28-25-41(67)34-45(48)55(3,4)50(60)17-11-9-12-18-51-56(5,6)46-35-42(68)26-29-49(46)61(51)32-16-10-13-19-52(63)58-30-14-15-31-59-53(64)36-43-37(2)62(47-27-24-40(66-7)33-44(43)47)54(65)38-20-22-39(57)23-21-38/h9,11-12,17-18,20-29,33-35H,8,10,13-16,19,30-32,36H2,1-7H3,(H3-,58,59,63,64,67,68)/p+1. The third kappa shape index (κ3) is 11.0. The third-order valence-electron chi connectivity index (χ3n) is 13.5. The van der Waals surface area contributed by atoms with Gasteiger partial charge in [-0.2, -0.15) is 4.58 Å². The third-order valence-corrected chi connectivity index (χ3v) is 14.8. The van der Waals surface area contributed by atoms with E-state index in [0.717, 1.165) is 80.7 Å². The molecule has 68 heavy (non-hydrogen) atoms. The number of methoxy groups -OCH3 is 1. The molecule has 0 fully saturated rings. The Bertz CT molecular complexity index is 2840. The highest BCUT2D eigenvalue weighted by molar-refractivity contribution is 14.1. The molecule has 2 amide bonds. The van der Waals surface area contributed by atoms with E-state index in [1.54, 1.807) is 11.7 Å². The maximum atomic E-state index is 13.7. The molecule has 0 radical (unpaired) electrons. The van der Waals surface area contributed by atoms with E-state index in [0.29, 0.717) is 30.8 Å². The molecular weight excluding hydrogens is 998 g/mol. The summed E-state index contributed by atoms with van der Waals surface area (Å²) in [5, 5.41) is 6.93. The van der Waals surface area contributed by atoms with Crippen molar-refractivity contribution in [2.75, 3.05) is 38.2 Å². The van der Waals surface area contributed by atoms with Crippen LogP contribution in [-0.2, 0) is 26.8 Å². The average Bonchev–Trinajstić information content (AvgIpc) is 3.79. The molecule has 3 heterocycles. The van der Waals surface area contributed by atoms with Gasteiger partial charge in [0.1, 0.15) is 12.3 Å². The van der Waals surface area contributed by atoms with Crippen molar-refractivity contribution in [2.45, 2.75) is 107 Å². The predicted molar refractivity (Wildman–Crippen MR) is 292 cm³/mol. The topological polar surface area (TPSA) is 95.7 Å². The first kappa shape index (κ1) is 50.8. The second kappa shape index (κ2) is 22.1. The maximum absolute atomic E-state index is 13.7. The van der Waals surface area contributed by atoms with Gasteiger partial charge in [0.2, 0.25) is 17.5 Å². The number of aromatic nitrogens is 1. The summed E-state index contributed by atoms with van der Waals surface area (Å²) in [5.41, 5.74) is 10.1. The van der Waals surface area contributed by atoms with E-state index in [4.69, 9.17) is 17.4 Å². The number of hydrogen-bond donors (Lipinski definition) is 4. The summed E-state index contributed by atoms with van der Waals surface area (Å²) in [6, 6.07) is 25.9. The first-order valence-corrected chi connectivity index (χ1v) is 25.7. The number of nitrogens with zero attached hydrogens (tertiary/aromatic N) is 3. The average molecular weight is 1060 g/mol. The van der Waals surface area contributed by atoms with Gasteiger partial charge in [0, 0.05) is 97.0 Å². The van der Waals surface area contributed by atoms with Crippen LogP contribution in [-0.4, -0.2) is 65.9 Å². The monoisotopic (exact) mass is 1060 g/mol.